The smallest absolute Gasteiger partial charge is 0.234 e. The molecule has 0 radical (unpaired) electrons. The van der Waals surface area contributed by atoms with Gasteiger partial charge in [0.15, 0.2) is 0 Å². The Labute approximate surface area is 119 Å². The maximum absolute atomic E-state index is 13.4. The van der Waals surface area contributed by atoms with Gasteiger partial charge in [-0.1, -0.05) is 18.2 Å². The predicted molar refractivity (Wildman–Crippen MR) is 76.5 cm³/mol. The van der Waals surface area contributed by atoms with E-state index in [0.717, 1.165) is 19.4 Å². The van der Waals surface area contributed by atoms with E-state index in [-0.39, 0.29) is 24.3 Å². The first kappa shape index (κ1) is 14.9. The van der Waals surface area contributed by atoms with Gasteiger partial charge in [0.05, 0.1) is 6.54 Å². The van der Waals surface area contributed by atoms with Crippen molar-refractivity contribution >= 4 is 5.91 Å². The standard InChI is InChI=1S/C15H22FN3O/c1-11-8-13(17)6-7-19(11)10-15(20)18-9-12-4-2-3-5-14(12)16/h2-5,11,13H,6-10,17H2,1H3,(H,18,20). The van der Waals surface area contributed by atoms with Gasteiger partial charge in [0.25, 0.3) is 0 Å². The zero-order valence-electron chi connectivity index (χ0n) is 11.8. The van der Waals surface area contributed by atoms with E-state index in [4.69, 9.17) is 5.73 Å². The van der Waals surface area contributed by atoms with E-state index < -0.39 is 0 Å². The number of hydrogen-bond acceptors (Lipinski definition) is 3. The van der Waals surface area contributed by atoms with Gasteiger partial charge in [-0.25, -0.2) is 4.39 Å². The highest BCUT2D eigenvalue weighted by molar-refractivity contribution is 5.78. The van der Waals surface area contributed by atoms with Gasteiger partial charge in [-0.15, -0.1) is 0 Å². The highest BCUT2D eigenvalue weighted by atomic mass is 19.1. The number of amides is 1. The van der Waals surface area contributed by atoms with Gasteiger partial charge < -0.3 is 11.1 Å². The lowest BCUT2D eigenvalue weighted by molar-refractivity contribution is -0.123. The molecular weight excluding hydrogens is 257 g/mol. The first-order valence-electron chi connectivity index (χ1n) is 7.06. The van der Waals surface area contributed by atoms with Crippen LogP contribution in [0.25, 0.3) is 0 Å². The van der Waals surface area contributed by atoms with E-state index in [2.05, 4.69) is 17.1 Å². The summed E-state index contributed by atoms with van der Waals surface area (Å²) in [6.07, 6.45) is 1.84. The van der Waals surface area contributed by atoms with Crippen molar-refractivity contribution in [2.24, 2.45) is 5.73 Å². The molecule has 20 heavy (non-hydrogen) atoms. The van der Waals surface area contributed by atoms with Crippen LogP contribution < -0.4 is 11.1 Å². The van der Waals surface area contributed by atoms with Gasteiger partial charge in [0.1, 0.15) is 5.82 Å². The molecule has 0 aromatic heterocycles. The fourth-order valence-electron chi connectivity index (χ4n) is 2.57. The molecular formula is C15H22FN3O. The van der Waals surface area contributed by atoms with Crippen molar-refractivity contribution in [1.29, 1.82) is 0 Å². The van der Waals surface area contributed by atoms with Crippen LogP contribution in [0, 0.1) is 5.82 Å². The van der Waals surface area contributed by atoms with Crippen molar-refractivity contribution in [3.63, 3.8) is 0 Å². The van der Waals surface area contributed by atoms with Crippen LogP contribution in [0.2, 0.25) is 0 Å². The zero-order valence-corrected chi connectivity index (χ0v) is 11.8. The van der Waals surface area contributed by atoms with Crippen LogP contribution in [0.4, 0.5) is 4.39 Å². The molecule has 0 spiro atoms. The molecule has 1 fully saturated rings. The number of carbonyl (C=O) groups is 1. The fourth-order valence-corrected chi connectivity index (χ4v) is 2.57. The average molecular weight is 279 g/mol. The number of piperidine rings is 1. The Bertz CT molecular complexity index is 466. The second-order valence-electron chi connectivity index (χ2n) is 5.47. The van der Waals surface area contributed by atoms with Crippen LogP contribution in [0.1, 0.15) is 25.3 Å². The maximum atomic E-state index is 13.4. The number of carbonyl (C=O) groups excluding carboxylic acids is 1. The lowest BCUT2D eigenvalue weighted by atomic mass is 9.99. The molecule has 1 heterocycles. The number of halogens is 1. The lowest BCUT2D eigenvalue weighted by Crippen LogP contribution is -2.49. The summed E-state index contributed by atoms with van der Waals surface area (Å²) in [6.45, 7) is 3.51. The Morgan fingerprint density at radius 2 is 2.25 bits per heavy atom. The van der Waals surface area contributed by atoms with Crippen LogP contribution in [0.5, 0.6) is 0 Å². The van der Waals surface area contributed by atoms with Crippen LogP contribution in [-0.2, 0) is 11.3 Å². The van der Waals surface area contributed by atoms with Crippen LogP contribution in [0.3, 0.4) is 0 Å². The molecule has 2 rings (SSSR count). The summed E-state index contributed by atoms with van der Waals surface area (Å²) in [7, 11) is 0. The predicted octanol–water partition coefficient (Wildman–Crippen LogP) is 1.25. The molecule has 2 unspecified atom stereocenters. The van der Waals surface area contributed by atoms with Gasteiger partial charge in [0, 0.05) is 30.7 Å². The Kier molecular flexibility index (Phi) is 5.09. The quantitative estimate of drug-likeness (QED) is 0.872. The second kappa shape index (κ2) is 6.81. The SMILES string of the molecule is CC1CC(N)CCN1CC(=O)NCc1ccccc1F. The molecule has 2 atom stereocenters. The van der Waals surface area contributed by atoms with Crippen molar-refractivity contribution in [1.82, 2.24) is 10.2 Å². The van der Waals surface area contributed by atoms with Gasteiger partial charge >= 0.3 is 0 Å². The Hall–Kier alpha value is -1.46. The first-order chi connectivity index (χ1) is 9.56. The number of likely N-dealkylation sites (tertiary alicyclic amines) is 1. The van der Waals surface area contributed by atoms with Gasteiger partial charge in [-0.3, -0.25) is 9.69 Å². The summed E-state index contributed by atoms with van der Waals surface area (Å²) in [5, 5.41) is 2.77. The minimum Gasteiger partial charge on any atom is -0.351 e. The fraction of sp³-hybridized carbons (Fsp3) is 0.533. The molecule has 1 amide bonds. The summed E-state index contributed by atoms with van der Waals surface area (Å²) in [5.41, 5.74) is 6.41. The molecule has 5 heteroatoms. The number of nitrogens with zero attached hydrogens (tertiary/aromatic N) is 1. The third kappa shape index (κ3) is 4.02. The number of benzene rings is 1. The monoisotopic (exact) mass is 279 g/mol. The highest BCUT2D eigenvalue weighted by Crippen LogP contribution is 2.15. The molecule has 1 saturated heterocycles. The van der Waals surface area contributed by atoms with Crippen molar-refractivity contribution in [2.45, 2.75) is 38.4 Å². The van der Waals surface area contributed by atoms with E-state index in [9.17, 15) is 9.18 Å². The topological polar surface area (TPSA) is 58.4 Å². The molecule has 110 valence electrons. The van der Waals surface area contributed by atoms with Crippen LogP contribution in [-0.4, -0.2) is 36.0 Å². The molecule has 0 aliphatic carbocycles. The van der Waals surface area contributed by atoms with Gasteiger partial charge in [-0.05, 0) is 25.8 Å². The van der Waals surface area contributed by atoms with Gasteiger partial charge in [-0.2, -0.15) is 0 Å². The summed E-state index contributed by atoms with van der Waals surface area (Å²) in [4.78, 5) is 14.0. The number of nitrogens with two attached hydrogens (primary N) is 1. The third-order valence-electron chi connectivity index (χ3n) is 3.83. The van der Waals surface area contributed by atoms with E-state index in [0.29, 0.717) is 18.2 Å². The van der Waals surface area contributed by atoms with E-state index in [1.807, 2.05) is 0 Å². The minimum absolute atomic E-state index is 0.0735. The summed E-state index contributed by atoms with van der Waals surface area (Å²) in [6, 6.07) is 7.03. The largest absolute Gasteiger partial charge is 0.351 e. The molecule has 0 saturated carbocycles. The molecule has 1 aliphatic heterocycles. The van der Waals surface area contributed by atoms with Crippen LogP contribution in [0.15, 0.2) is 24.3 Å². The molecule has 3 N–H and O–H groups in total. The summed E-state index contributed by atoms with van der Waals surface area (Å²) in [5.74, 6) is -0.360. The molecule has 1 aromatic rings. The number of hydrogen-bond donors (Lipinski definition) is 2. The molecule has 1 aliphatic rings. The first-order valence-corrected chi connectivity index (χ1v) is 7.06. The minimum atomic E-state index is -0.287. The lowest BCUT2D eigenvalue weighted by Gasteiger charge is -2.35. The number of nitrogens with one attached hydrogen (secondary N) is 1. The molecule has 1 aromatic carbocycles. The normalized spacial score (nSPS) is 23.6. The average Bonchev–Trinajstić information content (AvgIpc) is 2.41. The van der Waals surface area contributed by atoms with E-state index in [1.165, 1.54) is 6.07 Å². The third-order valence-corrected chi connectivity index (χ3v) is 3.83. The van der Waals surface area contributed by atoms with Crippen molar-refractivity contribution < 1.29 is 9.18 Å². The van der Waals surface area contributed by atoms with E-state index in [1.54, 1.807) is 18.2 Å². The van der Waals surface area contributed by atoms with Crippen molar-refractivity contribution in [3.8, 4) is 0 Å². The summed E-state index contributed by atoms with van der Waals surface area (Å²) >= 11 is 0. The summed E-state index contributed by atoms with van der Waals surface area (Å²) < 4.78 is 13.4. The van der Waals surface area contributed by atoms with Gasteiger partial charge in [0.2, 0.25) is 5.91 Å². The van der Waals surface area contributed by atoms with Crippen molar-refractivity contribution in [3.05, 3.63) is 35.6 Å². The van der Waals surface area contributed by atoms with Crippen LogP contribution >= 0.6 is 0 Å². The Morgan fingerprint density at radius 1 is 1.50 bits per heavy atom. The number of rotatable bonds is 4. The second-order valence-corrected chi connectivity index (χ2v) is 5.47. The Balaban J connectivity index is 1.80. The molecule has 4 nitrogen and oxygen atoms in total. The highest BCUT2D eigenvalue weighted by Gasteiger charge is 2.24. The van der Waals surface area contributed by atoms with Crippen molar-refractivity contribution in [2.75, 3.05) is 13.1 Å². The van der Waals surface area contributed by atoms with E-state index >= 15 is 0 Å². The molecule has 0 bridgehead atoms. The Morgan fingerprint density at radius 3 is 2.95 bits per heavy atom. The zero-order chi connectivity index (χ0) is 14.5. The maximum Gasteiger partial charge on any atom is 0.234 e.